The van der Waals surface area contributed by atoms with Gasteiger partial charge in [0.15, 0.2) is 11.5 Å². The number of para-hydroxylation sites is 1. The molecule has 0 aromatic heterocycles. The normalized spacial score (nSPS) is 10.2. The van der Waals surface area contributed by atoms with Crippen LogP contribution in [0.3, 0.4) is 0 Å². The Morgan fingerprint density at radius 3 is 2.23 bits per heavy atom. The zero-order chi connectivity index (χ0) is 21.5. The van der Waals surface area contributed by atoms with Gasteiger partial charge in [-0.15, -0.1) is 0 Å². The number of hydrogen-bond acceptors (Lipinski definition) is 4. The number of nitrogens with one attached hydrogen (secondary N) is 2. The Kier molecular flexibility index (Phi) is 6.93. The highest BCUT2D eigenvalue weighted by molar-refractivity contribution is 6.34. The van der Waals surface area contributed by atoms with Crippen LogP contribution >= 0.6 is 11.6 Å². The monoisotopic (exact) mass is 424 g/mol. The molecule has 3 aromatic rings. The molecule has 2 N–H and O–H groups in total. The highest BCUT2D eigenvalue weighted by atomic mass is 35.5. The number of anilines is 2. The summed E-state index contributed by atoms with van der Waals surface area (Å²) in [6, 6.07) is 18.7. The SMILES string of the molecule is CCOc1ccc(C(=O)Nc2cc(C(=O)Nc3ccccc3)ccc2Cl)cc1OC. The van der Waals surface area contributed by atoms with Crippen molar-refractivity contribution in [2.45, 2.75) is 6.92 Å². The zero-order valence-corrected chi connectivity index (χ0v) is 17.3. The molecule has 3 rings (SSSR count). The summed E-state index contributed by atoms with van der Waals surface area (Å²) in [4.78, 5) is 25.2. The van der Waals surface area contributed by atoms with Crippen molar-refractivity contribution in [3.05, 3.63) is 82.9 Å². The number of ether oxygens (including phenoxy) is 2. The lowest BCUT2D eigenvalue weighted by atomic mass is 10.1. The molecule has 0 aliphatic rings. The lowest BCUT2D eigenvalue weighted by molar-refractivity contribution is 0.101. The van der Waals surface area contributed by atoms with Gasteiger partial charge in [-0.3, -0.25) is 9.59 Å². The van der Waals surface area contributed by atoms with Gasteiger partial charge in [0.2, 0.25) is 0 Å². The van der Waals surface area contributed by atoms with E-state index < -0.39 is 0 Å². The van der Waals surface area contributed by atoms with Gasteiger partial charge >= 0.3 is 0 Å². The number of carbonyl (C=O) groups excluding carboxylic acids is 2. The Morgan fingerprint density at radius 1 is 0.867 bits per heavy atom. The number of amides is 2. The quantitative estimate of drug-likeness (QED) is 0.543. The molecule has 2 amide bonds. The molecule has 0 unspecified atom stereocenters. The standard InChI is InChI=1S/C23H21ClN2O4/c1-3-30-20-12-10-16(14-21(20)29-2)23(28)26-19-13-15(9-11-18(19)24)22(27)25-17-7-5-4-6-8-17/h4-14H,3H2,1-2H3,(H,25,27)(H,26,28). The molecule has 0 heterocycles. The molecule has 7 heteroatoms. The van der Waals surface area contributed by atoms with Crippen LogP contribution in [0.4, 0.5) is 11.4 Å². The van der Waals surface area contributed by atoms with Crippen molar-refractivity contribution in [2.24, 2.45) is 0 Å². The second-order valence-corrected chi connectivity index (χ2v) is 6.67. The van der Waals surface area contributed by atoms with E-state index in [1.807, 2.05) is 25.1 Å². The molecule has 3 aromatic carbocycles. The second-order valence-electron chi connectivity index (χ2n) is 6.27. The summed E-state index contributed by atoms with van der Waals surface area (Å²) in [5.41, 5.74) is 1.73. The van der Waals surface area contributed by atoms with Gasteiger partial charge in [0.1, 0.15) is 0 Å². The lowest BCUT2D eigenvalue weighted by Gasteiger charge is -2.12. The van der Waals surface area contributed by atoms with E-state index in [0.717, 1.165) is 0 Å². The van der Waals surface area contributed by atoms with Crippen molar-refractivity contribution >= 4 is 34.8 Å². The minimum absolute atomic E-state index is 0.309. The van der Waals surface area contributed by atoms with E-state index in [0.29, 0.717) is 45.6 Å². The van der Waals surface area contributed by atoms with E-state index in [9.17, 15) is 9.59 Å². The first-order valence-corrected chi connectivity index (χ1v) is 9.67. The molecule has 154 valence electrons. The molecule has 0 saturated carbocycles. The summed E-state index contributed by atoms with van der Waals surface area (Å²) >= 11 is 6.23. The summed E-state index contributed by atoms with van der Waals surface area (Å²) < 4.78 is 10.8. The first-order valence-electron chi connectivity index (χ1n) is 9.30. The first kappa shape index (κ1) is 21.2. The third kappa shape index (κ3) is 5.10. The van der Waals surface area contributed by atoms with Crippen LogP contribution in [0, 0.1) is 0 Å². The van der Waals surface area contributed by atoms with E-state index in [4.69, 9.17) is 21.1 Å². The third-order valence-electron chi connectivity index (χ3n) is 4.23. The highest BCUT2D eigenvalue weighted by Gasteiger charge is 2.15. The number of halogens is 1. The van der Waals surface area contributed by atoms with Gasteiger partial charge in [-0.2, -0.15) is 0 Å². The maximum absolute atomic E-state index is 12.7. The fourth-order valence-electron chi connectivity index (χ4n) is 2.77. The van der Waals surface area contributed by atoms with E-state index in [1.54, 1.807) is 42.5 Å². The van der Waals surface area contributed by atoms with Crippen LogP contribution in [0.2, 0.25) is 5.02 Å². The number of rotatable bonds is 7. The van der Waals surface area contributed by atoms with Crippen LogP contribution in [-0.2, 0) is 0 Å². The van der Waals surface area contributed by atoms with Crippen molar-refractivity contribution in [3.63, 3.8) is 0 Å². The summed E-state index contributed by atoms with van der Waals surface area (Å²) in [5.74, 6) is 0.302. The van der Waals surface area contributed by atoms with E-state index in [-0.39, 0.29) is 11.8 Å². The lowest BCUT2D eigenvalue weighted by Crippen LogP contribution is -2.15. The molecule has 0 bridgehead atoms. The van der Waals surface area contributed by atoms with Crippen molar-refractivity contribution < 1.29 is 19.1 Å². The van der Waals surface area contributed by atoms with Crippen LogP contribution in [0.15, 0.2) is 66.7 Å². The van der Waals surface area contributed by atoms with E-state index in [2.05, 4.69) is 10.6 Å². The summed E-state index contributed by atoms with van der Waals surface area (Å²) in [6.07, 6.45) is 0. The van der Waals surface area contributed by atoms with Crippen LogP contribution < -0.4 is 20.1 Å². The highest BCUT2D eigenvalue weighted by Crippen LogP contribution is 2.29. The van der Waals surface area contributed by atoms with Crippen molar-refractivity contribution in [3.8, 4) is 11.5 Å². The Bertz CT molecular complexity index is 1050. The number of carbonyl (C=O) groups is 2. The number of hydrogen-bond donors (Lipinski definition) is 2. The second kappa shape index (κ2) is 9.80. The summed E-state index contributed by atoms with van der Waals surface area (Å²) in [6.45, 7) is 2.35. The van der Waals surface area contributed by atoms with Crippen molar-refractivity contribution in [2.75, 3.05) is 24.4 Å². The van der Waals surface area contributed by atoms with E-state index in [1.165, 1.54) is 13.2 Å². The molecular formula is C23H21ClN2O4. The Morgan fingerprint density at radius 2 is 1.53 bits per heavy atom. The molecule has 6 nitrogen and oxygen atoms in total. The van der Waals surface area contributed by atoms with Gasteiger partial charge in [-0.05, 0) is 55.5 Å². The Hall–Kier alpha value is -3.51. The minimum atomic E-state index is -0.390. The fraction of sp³-hybridized carbons (Fsp3) is 0.130. The molecule has 0 fully saturated rings. The van der Waals surface area contributed by atoms with Gasteiger partial charge in [-0.25, -0.2) is 0 Å². The smallest absolute Gasteiger partial charge is 0.255 e. The van der Waals surface area contributed by atoms with E-state index >= 15 is 0 Å². The Labute approximate surface area is 179 Å². The molecule has 0 spiro atoms. The largest absolute Gasteiger partial charge is 0.493 e. The maximum atomic E-state index is 12.7. The van der Waals surface area contributed by atoms with Crippen molar-refractivity contribution in [1.29, 1.82) is 0 Å². The minimum Gasteiger partial charge on any atom is -0.493 e. The van der Waals surface area contributed by atoms with Gasteiger partial charge in [0, 0.05) is 16.8 Å². The first-order chi connectivity index (χ1) is 14.5. The average Bonchev–Trinajstić information content (AvgIpc) is 2.76. The summed E-state index contributed by atoms with van der Waals surface area (Å²) in [5, 5.41) is 5.86. The number of methoxy groups -OCH3 is 1. The molecule has 0 saturated heterocycles. The molecule has 0 radical (unpaired) electrons. The van der Waals surface area contributed by atoms with Gasteiger partial charge < -0.3 is 20.1 Å². The van der Waals surface area contributed by atoms with Crippen LogP contribution in [-0.4, -0.2) is 25.5 Å². The summed E-state index contributed by atoms with van der Waals surface area (Å²) in [7, 11) is 1.51. The van der Waals surface area contributed by atoms with Crippen LogP contribution in [0.25, 0.3) is 0 Å². The topological polar surface area (TPSA) is 76.7 Å². The molecule has 30 heavy (non-hydrogen) atoms. The van der Waals surface area contributed by atoms with Crippen molar-refractivity contribution in [1.82, 2.24) is 0 Å². The molecule has 0 atom stereocenters. The molecule has 0 aliphatic carbocycles. The Balaban J connectivity index is 1.78. The molecular weight excluding hydrogens is 404 g/mol. The van der Waals surface area contributed by atoms with Crippen LogP contribution in [0.1, 0.15) is 27.6 Å². The third-order valence-corrected chi connectivity index (χ3v) is 4.56. The van der Waals surface area contributed by atoms with Gasteiger partial charge in [-0.1, -0.05) is 29.8 Å². The predicted molar refractivity (Wildman–Crippen MR) is 118 cm³/mol. The maximum Gasteiger partial charge on any atom is 0.255 e. The fourth-order valence-corrected chi connectivity index (χ4v) is 2.93. The van der Waals surface area contributed by atoms with Gasteiger partial charge in [0.25, 0.3) is 11.8 Å². The van der Waals surface area contributed by atoms with Gasteiger partial charge in [0.05, 0.1) is 24.4 Å². The number of benzene rings is 3. The van der Waals surface area contributed by atoms with Crippen LogP contribution in [0.5, 0.6) is 11.5 Å². The predicted octanol–water partition coefficient (Wildman–Crippen LogP) is 5.25. The molecule has 0 aliphatic heterocycles. The zero-order valence-electron chi connectivity index (χ0n) is 16.6. The average molecular weight is 425 g/mol.